The quantitative estimate of drug-likeness (QED) is 0.187. The van der Waals surface area contributed by atoms with E-state index in [1.54, 1.807) is 28.4 Å². The molecule has 0 fully saturated rings. The van der Waals surface area contributed by atoms with Gasteiger partial charge in [0, 0.05) is 29.8 Å². The van der Waals surface area contributed by atoms with Gasteiger partial charge in [0.15, 0.2) is 23.0 Å². The highest BCUT2D eigenvalue weighted by atomic mass is 16.5. The predicted octanol–water partition coefficient (Wildman–Crippen LogP) is 6.89. The lowest BCUT2D eigenvalue weighted by Gasteiger charge is -2.13. The van der Waals surface area contributed by atoms with E-state index in [1.165, 1.54) is 0 Å². The van der Waals surface area contributed by atoms with Crippen LogP contribution >= 0.6 is 0 Å². The van der Waals surface area contributed by atoms with E-state index in [0.717, 1.165) is 50.1 Å². The third kappa shape index (κ3) is 6.13. The molecule has 0 spiro atoms. The lowest BCUT2D eigenvalue weighted by atomic mass is 9.98. The minimum absolute atomic E-state index is 0.0832. The molecule has 0 aromatic heterocycles. The Morgan fingerprint density at radius 2 is 1.24 bits per heavy atom. The van der Waals surface area contributed by atoms with Gasteiger partial charge in [0.25, 0.3) is 11.8 Å². The van der Waals surface area contributed by atoms with Crippen molar-refractivity contribution in [3.8, 4) is 45.3 Å². The summed E-state index contributed by atoms with van der Waals surface area (Å²) in [5.41, 5.74) is 6.21. The summed E-state index contributed by atoms with van der Waals surface area (Å²) in [5, 5.41) is 7.84. The monoisotopic (exact) mass is 604 g/mol. The molecule has 230 valence electrons. The number of methoxy groups -OCH3 is 4. The second-order valence-electron chi connectivity index (χ2n) is 10.2. The minimum atomic E-state index is -0.177. The molecule has 5 aromatic rings. The highest BCUT2D eigenvalue weighted by Crippen LogP contribution is 2.48. The second kappa shape index (κ2) is 13.9. The van der Waals surface area contributed by atoms with Crippen molar-refractivity contribution >= 4 is 22.6 Å². The van der Waals surface area contributed by atoms with Crippen molar-refractivity contribution in [3.05, 3.63) is 108 Å². The van der Waals surface area contributed by atoms with Crippen molar-refractivity contribution < 1.29 is 28.5 Å². The topological polar surface area (TPSA) is 95.1 Å². The van der Waals surface area contributed by atoms with Crippen molar-refractivity contribution in [2.75, 3.05) is 35.0 Å². The fourth-order valence-electron chi connectivity index (χ4n) is 5.61. The second-order valence-corrected chi connectivity index (χ2v) is 10.2. The molecule has 6 rings (SSSR count). The third-order valence-corrected chi connectivity index (χ3v) is 7.70. The number of hydrogen-bond donors (Lipinski definition) is 2. The van der Waals surface area contributed by atoms with Crippen molar-refractivity contribution in [2.45, 2.75) is 13.5 Å². The molecule has 0 saturated heterocycles. The summed E-state index contributed by atoms with van der Waals surface area (Å²) in [7, 11) is 6.41. The number of rotatable bonds is 9. The molecule has 45 heavy (non-hydrogen) atoms. The van der Waals surface area contributed by atoms with Gasteiger partial charge in [-0.25, -0.2) is 0 Å². The minimum Gasteiger partial charge on any atom is -0.493 e. The molecular formula is C37H36N2O6. The van der Waals surface area contributed by atoms with Crippen molar-refractivity contribution in [1.82, 2.24) is 10.6 Å². The highest BCUT2D eigenvalue weighted by molar-refractivity contribution is 6.20. The molecule has 5 aromatic carbocycles. The number of amides is 2. The lowest BCUT2D eigenvalue weighted by Crippen LogP contribution is -2.23. The van der Waals surface area contributed by atoms with Gasteiger partial charge in [0.2, 0.25) is 0 Å². The van der Waals surface area contributed by atoms with E-state index >= 15 is 0 Å². The van der Waals surface area contributed by atoms with Crippen LogP contribution in [-0.2, 0) is 6.54 Å². The fourth-order valence-corrected chi connectivity index (χ4v) is 5.61. The van der Waals surface area contributed by atoms with E-state index in [9.17, 15) is 9.59 Å². The molecule has 0 bridgehead atoms. The van der Waals surface area contributed by atoms with Gasteiger partial charge in [-0.05, 0) is 76.3 Å². The Kier molecular flexibility index (Phi) is 9.53. The molecule has 8 nitrogen and oxygen atoms in total. The zero-order chi connectivity index (χ0) is 31.9. The van der Waals surface area contributed by atoms with Gasteiger partial charge in [-0.1, -0.05) is 54.6 Å². The van der Waals surface area contributed by atoms with E-state index < -0.39 is 0 Å². The molecule has 1 aliphatic carbocycles. The van der Waals surface area contributed by atoms with Crippen LogP contribution in [-0.4, -0.2) is 46.8 Å². The number of benzene rings is 5. The van der Waals surface area contributed by atoms with Crippen LogP contribution in [0.3, 0.4) is 0 Å². The summed E-state index contributed by atoms with van der Waals surface area (Å²) in [6, 6.07) is 28.7. The molecule has 0 heterocycles. The molecule has 0 radical (unpaired) electrons. The highest BCUT2D eigenvalue weighted by Gasteiger charge is 2.25. The van der Waals surface area contributed by atoms with E-state index in [2.05, 4.69) is 16.7 Å². The van der Waals surface area contributed by atoms with Gasteiger partial charge in [0.05, 0.1) is 28.4 Å². The molecule has 2 N–H and O–H groups in total. The Morgan fingerprint density at radius 3 is 1.91 bits per heavy atom. The van der Waals surface area contributed by atoms with Crippen molar-refractivity contribution in [3.63, 3.8) is 0 Å². The van der Waals surface area contributed by atoms with Crippen LogP contribution in [0.4, 0.5) is 0 Å². The average molecular weight is 605 g/mol. The maximum absolute atomic E-state index is 13.1. The van der Waals surface area contributed by atoms with Crippen LogP contribution < -0.4 is 29.6 Å². The Hall–Kier alpha value is -5.50. The number of ether oxygens (including phenoxy) is 4. The smallest absolute Gasteiger partial charge is 0.251 e. The van der Waals surface area contributed by atoms with E-state index in [1.807, 2.05) is 91.9 Å². The van der Waals surface area contributed by atoms with E-state index in [4.69, 9.17) is 18.9 Å². The van der Waals surface area contributed by atoms with Gasteiger partial charge in [0.1, 0.15) is 0 Å². The summed E-state index contributed by atoms with van der Waals surface area (Å²) >= 11 is 0. The molecular weight excluding hydrogens is 568 g/mol. The maximum Gasteiger partial charge on any atom is 0.251 e. The van der Waals surface area contributed by atoms with Gasteiger partial charge in [-0.2, -0.15) is 0 Å². The normalized spacial score (nSPS) is 10.7. The molecule has 0 saturated carbocycles. The number of nitrogens with one attached hydrogen (secondary N) is 2. The summed E-state index contributed by atoms with van der Waals surface area (Å²) in [6.45, 7) is 2.79. The predicted molar refractivity (Wildman–Crippen MR) is 177 cm³/mol. The summed E-state index contributed by atoms with van der Waals surface area (Å²) in [4.78, 5) is 25.7. The maximum atomic E-state index is 13.1. The van der Waals surface area contributed by atoms with Crippen LogP contribution in [0.1, 0.15) is 33.2 Å². The summed E-state index contributed by atoms with van der Waals surface area (Å²) in [5.74, 6) is 2.50. The van der Waals surface area contributed by atoms with Crippen LogP contribution in [0.5, 0.6) is 23.0 Å². The number of carbonyl (C=O) groups excluding carboxylic acids is 2. The Morgan fingerprint density at radius 1 is 0.600 bits per heavy atom. The van der Waals surface area contributed by atoms with Crippen LogP contribution in [0.15, 0.2) is 91.0 Å². The van der Waals surface area contributed by atoms with Crippen molar-refractivity contribution in [2.24, 2.45) is 0 Å². The first kappa shape index (κ1) is 30.9. The number of fused-ring (bicyclic) bond motifs is 3. The van der Waals surface area contributed by atoms with Gasteiger partial charge < -0.3 is 29.6 Å². The molecule has 0 aliphatic heterocycles. The van der Waals surface area contributed by atoms with Gasteiger partial charge >= 0.3 is 0 Å². The Bertz CT molecular complexity index is 1840. The first-order chi connectivity index (χ1) is 21.9. The van der Waals surface area contributed by atoms with Crippen molar-refractivity contribution in [1.29, 1.82) is 0 Å². The Labute approximate surface area is 262 Å². The van der Waals surface area contributed by atoms with Crippen LogP contribution in [0.2, 0.25) is 0 Å². The fraction of sp³-hybridized carbons (Fsp3) is 0.189. The van der Waals surface area contributed by atoms with E-state index in [-0.39, 0.29) is 11.8 Å². The van der Waals surface area contributed by atoms with Crippen LogP contribution in [0.25, 0.3) is 33.0 Å². The Balaban J connectivity index is 0.000000342. The average Bonchev–Trinajstić information content (AvgIpc) is 3.41. The van der Waals surface area contributed by atoms with Crippen LogP contribution in [0, 0.1) is 0 Å². The molecule has 1 aliphatic rings. The SMILES string of the molecule is CCNC(=O)c1ccc2c3c(cccc13)-c1ccc(C(=O)NCc3cccc(OC)c3OC)cc1-2.COc1ccccc1OC. The van der Waals surface area contributed by atoms with Gasteiger partial charge in [-0.3, -0.25) is 9.59 Å². The first-order valence-electron chi connectivity index (χ1n) is 14.6. The lowest BCUT2D eigenvalue weighted by molar-refractivity contribution is 0.0945. The molecule has 0 unspecified atom stereocenters. The zero-order valence-corrected chi connectivity index (χ0v) is 26.0. The largest absolute Gasteiger partial charge is 0.493 e. The third-order valence-electron chi connectivity index (χ3n) is 7.70. The molecule has 0 atom stereocenters. The zero-order valence-electron chi connectivity index (χ0n) is 26.0. The summed E-state index contributed by atoms with van der Waals surface area (Å²) < 4.78 is 20.8. The molecule has 2 amide bonds. The van der Waals surface area contributed by atoms with E-state index in [0.29, 0.717) is 35.7 Å². The number of carbonyl (C=O) groups is 2. The molecule has 8 heteroatoms. The first-order valence-corrected chi connectivity index (χ1v) is 14.6. The van der Waals surface area contributed by atoms with Gasteiger partial charge in [-0.15, -0.1) is 0 Å². The summed E-state index contributed by atoms with van der Waals surface area (Å²) in [6.07, 6.45) is 0. The number of para-hydroxylation sites is 3. The standard InChI is InChI=1S/C29H26N2O4.C8H10O2/c1-4-30-29(33)23-14-13-22-24-15-17(11-12-19(24)20-8-6-9-21(23)26(20)22)28(32)31-16-18-7-5-10-25(34-2)27(18)35-3;1-9-7-5-3-4-6-8(7)10-2/h5-15H,4,16H2,1-3H3,(H,30,33)(H,31,32);3-6H,1-2H3. The number of hydrogen-bond acceptors (Lipinski definition) is 6.